The van der Waals surface area contributed by atoms with Crippen LogP contribution in [-0.2, 0) is 0 Å². The van der Waals surface area contributed by atoms with E-state index in [0.717, 1.165) is 24.6 Å². The lowest BCUT2D eigenvalue weighted by Crippen LogP contribution is -2.15. The Hall–Kier alpha value is -0.530. The van der Waals surface area contributed by atoms with Crippen molar-refractivity contribution < 1.29 is 0 Å². The number of nitrogens with two attached hydrogens (primary N) is 1. The summed E-state index contributed by atoms with van der Waals surface area (Å²) in [5.74, 6) is 1.78. The Morgan fingerprint density at radius 1 is 1.50 bits per heavy atom. The van der Waals surface area contributed by atoms with Gasteiger partial charge < -0.3 is 5.73 Å². The number of aliphatic imine (C=N–C) groups is 1. The van der Waals surface area contributed by atoms with Gasteiger partial charge in [0.2, 0.25) is 0 Å². The van der Waals surface area contributed by atoms with Crippen LogP contribution < -0.4 is 5.73 Å². The summed E-state index contributed by atoms with van der Waals surface area (Å²) >= 11 is 0. The third kappa shape index (κ3) is 3.24. The van der Waals surface area contributed by atoms with Gasteiger partial charge in [-0.15, -0.1) is 0 Å². The summed E-state index contributed by atoms with van der Waals surface area (Å²) in [7, 11) is 0. The second kappa shape index (κ2) is 4.48. The summed E-state index contributed by atoms with van der Waals surface area (Å²) in [5, 5.41) is 0. The molecule has 0 aromatic heterocycles. The van der Waals surface area contributed by atoms with Gasteiger partial charge >= 0.3 is 0 Å². The van der Waals surface area contributed by atoms with Crippen molar-refractivity contribution in [2.45, 2.75) is 52.0 Å². The molecule has 70 valence electrons. The van der Waals surface area contributed by atoms with Gasteiger partial charge in [-0.1, -0.05) is 26.7 Å². The van der Waals surface area contributed by atoms with E-state index in [4.69, 9.17) is 5.73 Å². The predicted molar refractivity (Wildman–Crippen MR) is 53.3 cm³/mol. The summed E-state index contributed by atoms with van der Waals surface area (Å²) in [6.07, 6.45) is 6.12. The minimum atomic E-state index is 0.498. The maximum Gasteiger partial charge on any atom is 0.0937 e. The van der Waals surface area contributed by atoms with E-state index in [0.29, 0.717) is 6.04 Å². The summed E-state index contributed by atoms with van der Waals surface area (Å²) in [6, 6.07) is 0.498. The van der Waals surface area contributed by atoms with Crippen LogP contribution >= 0.6 is 0 Å². The average molecular weight is 168 g/mol. The van der Waals surface area contributed by atoms with Crippen molar-refractivity contribution in [1.29, 1.82) is 0 Å². The Morgan fingerprint density at radius 2 is 2.17 bits per heavy atom. The fourth-order valence-corrected chi connectivity index (χ4v) is 1.37. The van der Waals surface area contributed by atoms with Crippen molar-refractivity contribution in [3.8, 4) is 0 Å². The largest absolute Gasteiger partial charge is 0.387 e. The predicted octanol–water partition coefficient (Wildman–Crippen LogP) is 2.33. The number of amidine groups is 1. The molecule has 2 N–H and O–H groups in total. The van der Waals surface area contributed by atoms with Crippen LogP contribution in [0.4, 0.5) is 0 Å². The third-order valence-electron chi connectivity index (χ3n) is 2.48. The molecule has 0 heterocycles. The maximum absolute atomic E-state index is 5.70. The fourth-order valence-electron chi connectivity index (χ4n) is 1.37. The highest BCUT2D eigenvalue weighted by molar-refractivity contribution is 5.80. The van der Waals surface area contributed by atoms with Crippen molar-refractivity contribution >= 4 is 5.84 Å². The first kappa shape index (κ1) is 9.56. The molecule has 1 saturated carbocycles. The minimum absolute atomic E-state index is 0.498. The molecule has 1 aliphatic carbocycles. The second-order valence-corrected chi connectivity index (χ2v) is 3.72. The van der Waals surface area contributed by atoms with E-state index in [1.807, 2.05) is 0 Å². The van der Waals surface area contributed by atoms with E-state index in [2.05, 4.69) is 18.8 Å². The first-order chi connectivity index (χ1) is 5.76. The average Bonchev–Trinajstić information content (AvgIpc) is 2.86. The second-order valence-electron chi connectivity index (χ2n) is 3.72. The molecule has 0 amide bonds. The summed E-state index contributed by atoms with van der Waals surface area (Å²) in [5.41, 5.74) is 5.70. The number of hydrogen-bond acceptors (Lipinski definition) is 1. The summed E-state index contributed by atoms with van der Waals surface area (Å²) < 4.78 is 0. The van der Waals surface area contributed by atoms with Gasteiger partial charge in [0, 0.05) is 6.42 Å². The van der Waals surface area contributed by atoms with Crippen LogP contribution in [0.3, 0.4) is 0 Å². The quantitative estimate of drug-likeness (QED) is 0.496. The van der Waals surface area contributed by atoms with E-state index >= 15 is 0 Å². The lowest BCUT2D eigenvalue weighted by atomic mass is 10.1. The first-order valence-corrected chi connectivity index (χ1v) is 5.08. The van der Waals surface area contributed by atoms with Gasteiger partial charge in [0.1, 0.15) is 0 Å². The molecule has 1 rings (SSSR count). The molecular weight excluding hydrogens is 148 g/mol. The SMILES string of the molecule is CCC(N)=NC(CC)CC1CC1. The summed E-state index contributed by atoms with van der Waals surface area (Å²) in [6.45, 7) is 4.25. The Labute approximate surface area is 75.3 Å². The monoisotopic (exact) mass is 168 g/mol. The van der Waals surface area contributed by atoms with Crippen molar-refractivity contribution in [2.75, 3.05) is 0 Å². The van der Waals surface area contributed by atoms with Crippen LogP contribution in [-0.4, -0.2) is 11.9 Å². The van der Waals surface area contributed by atoms with Crippen LogP contribution in [0, 0.1) is 5.92 Å². The van der Waals surface area contributed by atoms with E-state index in [1.165, 1.54) is 19.3 Å². The van der Waals surface area contributed by atoms with Crippen molar-refractivity contribution in [2.24, 2.45) is 16.6 Å². The Kier molecular flexibility index (Phi) is 3.57. The lowest BCUT2D eigenvalue weighted by molar-refractivity contribution is 0.556. The molecule has 1 unspecified atom stereocenters. The molecule has 0 bridgehead atoms. The van der Waals surface area contributed by atoms with Crippen LogP contribution in [0.1, 0.15) is 46.0 Å². The van der Waals surface area contributed by atoms with Gasteiger partial charge in [0.15, 0.2) is 0 Å². The van der Waals surface area contributed by atoms with Gasteiger partial charge in [-0.05, 0) is 18.8 Å². The van der Waals surface area contributed by atoms with Crippen molar-refractivity contribution in [3.05, 3.63) is 0 Å². The highest BCUT2D eigenvalue weighted by atomic mass is 14.9. The zero-order valence-corrected chi connectivity index (χ0v) is 8.21. The van der Waals surface area contributed by atoms with Crippen LogP contribution in [0.15, 0.2) is 4.99 Å². The Balaban J connectivity index is 2.32. The minimum Gasteiger partial charge on any atom is -0.387 e. The molecule has 0 aliphatic heterocycles. The topological polar surface area (TPSA) is 38.4 Å². The van der Waals surface area contributed by atoms with Crippen molar-refractivity contribution in [1.82, 2.24) is 0 Å². The molecule has 1 atom stereocenters. The summed E-state index contributed by atoms with van der Waals surface area (Å²) in [4.78, 5) is 4.49. The highest BCUT2D eigenvalue weighted by Gasteiger charge is 2.24. The molecule has 12 heavy (non-hydrogen) atoms. The molecule has 0 radical (unpaired) electrons. The van der Waals surface area contributed by atoms with Gasteiger partial charge in [0.05, 0.1) is 11.9 Å². The zero-order valence-electron chi connectivity index (χ0n) is 8.21. The van der Waals surface area contributed by atoms with E-state index in [1.54, 1.807) is 0 Å². The first-order valence-electron chi connectivity index (χ1n) is 5.08. The molecule has 2 nitrogen and oxygen atoms in total. The van der Waals surface area contributed by atoms with Gasteiger partial charge in [0.25, 0.3) is 0 Å². The van der Waals surface area contributed by atoms with Crippen LogP contribution in [0.25, 0.3) is 0 Å². The zero-order chi connectivity index (χ0) is 8.97. The van der Waals surface area contributed by atoms with Crippen LogP contribution in [0.5, 0.6) is 0 Å². The van der Waals surface area contributed by atoms with Gasteiger partial charge in [-0.3, -0.25) is 4.99 Å². The van der Waals surface area contributed by atoms with E-state index in [-0.39, 0.29) is 0 Å². The molecule has 0 aromatic carbocycles. The standard InChI is InChI=1S/C10H20N2/c1-3-9(7-8-5-6-8)12-10(11)4-2/h8-9H,3-7H2,1-2H3,(H2,11,12). The molecule has 1 fully saturated rings. The normalized spacial score (nSPS) is 21.0. The maximum atomic E-state index is 5.70. The smallest absolute Gasteiger partial charge is 0.0937 e. The van der Waals surface area contributed by atoms with E-state index in [9.17, 15) is 0 Å². The Bertz CT molecular complexity index is 159. The van der Waals surface area contributed by atoms with Crippen molar-refractivity contribution in [3.63, 3.8) is 0 Å². The van der Waals surface area contributed by atoms with Gasteiger partial charge in [-0.2, -0.15) is 0 Å². The molecule has 0 saturated heterocycles. The number of rotatable bonds is 5. The van der Waals surface area contributed by atoms with E-state index < -0.39 is 0 Å². The molecular formula is C10H20N2. The Morgan fingerprint density at radius 3 is 2.58 bits per heavy atom. The molecule has 1 aliphatic rings. The van der Waals surface area contributed by atoms with Crippen LogP contribution in [0.2, 0.25) is 0 Å². The number of hydrogen-bond donors (Lipinski definition) is 1. The third-order valence-corrected chi connectivity index (χ3v) is 2.48. The highest BCUT2D eigenvalue weighted by Crippen LogP contribution is 2.34. The molecule has 2 heteroatoms. The van der Waals surface area contributed by atoms with Gasteiger partial charge in [-0.25, -0.2) is 0 Å². The molecule has 0 aromatic rings. The number of nitrogens with zero attached hydrogens (tertiary/aromatic N) is 1. The lowest BCUT2D eigenvalue weighted by Gasteiger charge is -2.09. The molecule has 0 spiro atoms. The fraction of sp³-hybridized carbons (Fsp3) is 0.900.